The van der Waals surface area contributed by atoms with Gasteiger partial charge in [-0.25, -0.2) is 0 Å². The van der Waals surface area contributed by atoms with Crippen LogP contribution in [0.5, 0.6) is 5.75 Å². The second kappa shape index (κ2) is 7.79. The molecule has 22 heavy (non-hydrogen) atoms. The number of carbonyl (C=O) groups is 2. The molecule has 120 valence electrons. The molecule has 1 aliphatic heterocycles. The fourth-order valence-corrected chi connectivity index (χ4v) is 2.27. The Balaban J connectivity index is 1.88. The second-order valence-electron chi connectivity index (χ2n) is 5.32. The smallest absolute Gasteiger partial charge is 0.260 e. The quantitative estimate of drug-likeness (QED) is 0.839. The highest BCUT2D eigenvalue weighted by molar-refractivity contribution is 5.90. The predicted molar refractivity (Wildman–Crippen MR) is 82.8 cm³/mol. The molecule has 0 unspecified atom stereocenters. The molecule has 1 heterocycles. The van der Waals surface area contributed by atoms with E-state index < -0.39 is 6.10 Å². The molecule has 0 spiro atoms. The Morgan fingerprint density at radius 3 is 2.86 bits per heavy atom. The van der Waals surface area contributed by atoms with Crippen molar-refractivity contribution in [1.82, 2.24) is 5.32 Å². The molecule has 6 nitrogen and oxygen atoms in total. The summed E-state index contributed by atoms with van der Waals surface area (Å²) in [4.78, 5) is 23.2. The summed E-state index contributed by atoms with van der Waals surface area (Å²) in [6.45, 7) is 4.36. The Labute approximate surface area is 130 Å². The number of rotatable bonds is 6. The zero-order valence-corrected chi connectivity index (χ0v) is 12.9. The lowest BCUT2D eigenvalue weighted by Crippen LogP contribution is -2.40. The summed E-state index contributed by atoms with van der Waals surface area (Å²) in [6.07, 6.45) is 1.46. The molecule has 0 aliphatic carbocycles. The molecule has 0 radical (unpaired) electrons. The molecule has 1 aromatic carbocycles. The zero-order valence-electron chi connectivity index (χ0n) is 12.9. The average Bonchev–Trinajstić information content (AvgIpc) is 2.99. The first-order chi connectivity index (χ1) is 10.6. The zero-order chi connectivity index (χ0) is 15.9. The van der Waals surface area contributed by atoms with Crippen LogP contribution in [-0.2, 0) is 14.3 Å². The summed E-state index contributed by atoms with van der Waals surface area (Å²) >= 11 is 0. The van der Waals surface area contributed by atoms with E-state index in [4.69, 9.17) is 9.47 Å². The van der Waals surface area contributed by atoms with Crippen molar-refractivity contribution in [3.63, 3.8) is 0 Å². The van der Waals surface area contributed by atoms with Gasteiger partial charge in [0.2, 0.25) is 5.91 Å². The molecule has 1 aliphatic rings. The summed E-state index contributed by atoms with van der Waals surface area (Å²) in [5.41, 5.74) is 0.550. The van der Waals surface area contributed by atoms with Gasteiger partial charge >= 0.3 is 0 Å². The van der Waals surface area contributed by atoms with E-state index in [1.807, 2.05) is 0 Å². The fourth-order valence-electron chi connectivity index (χ4n) is 2.27. The standard InChI is InChI=1S/C16H22N2O4/c1-11(16(20)17-10-13-6-5-9-21-13)22-15-8-4-3-7-14(15)18-12(2)19/h3-4,7-8,11,13H,5-6,9-10H2,1-2H3,(H,17,20)(H,18,19)/t11-,13-/m0/s1. The van der Waals surface area contributed by atoms with Crippen LogP contribution in [0.2, 0.25) is 0 Å². The number of ether oxygens (including phenoxy) is 2. The van der Waals surface area contributed by atoms with Gasteiger partial charge in [-0.1, -0.05) is 12.1 Å². The minimum absolute atomic E-state index is 0.0998. The van der Waals surface area contributed by atoms with Gasteiger partial charge in [-0.2, -0.15) is 0 Å². The van der Waals surface area contributed by atoms with Crippen molar-refractivity contribution in [2.24, 2.45) is 0 Å². The molecule has 1 saturated heterocycles. The van der Waals surface area contributed by atoms with E-state index in [1.165, 1.54) is 6.92 Å². The second-order valence-corrected chi connectivity index (χ2v) is 5.32. The van der Waals surface area contributed by atoms with Gasteiger partial charge in [-0.15, -0.1) is 0 Å². The summed E-state index contributed by atoms with van der Waals surface area (Å²) in [7, 11) is 0. The Morgan fingerprint density at radius 2 is 2.18 bits per heavy atom. The highest BCUT2D eigenvalue weighted by Gasteiger charge is 2.20. The van der Waals surface area contributed by atoms with E-state index in [0.29, 0.717) is 18.0 Å². The van der Waals surface area contributed by atoms with Gasteiger partial charge in [0.15, 0.2) is 6.10 Å². The van der Waals surface area contributed by atoms with Crippen molar-refractivity contribution in [2.45, 2.75) is 38.9 Å². The largest absolute Gasteiger partial charge is 0.479 e. The van der Waals surface area contributed by atoms with Gasteiger partial charge < -0.3 is 20.1 Å². The Morgan fingerprint density at radius 1 is 1.41 bits per heavy atom. The molecule has 2 N–H and O–H groups in total. The Hall–Kier alpha value is -2.08. The summed E-state index contributed by atoms with van der Waals surface area (Å²) in [5, 5.41) is 5.51. The lowest BCUT2D eigenvalue weighted by Gasteiger charge is -2.18. The van der Waals surface area contributed by atoms with E-state index in [-0.39, 0.29) is 17.9 Å². The van der Waals surface area contributed by atoms with Crippen molar-refractivity contribution in [3.8, 4) is 5.75 Å². The van der Waals surface area contributed by atoms with Gasteiger partial charge in [-0.05, 0) is 31.9 Å². The lowest BCUT2D eigenvalue weighted by molar-refractivity contribution is -0.127. The van der Waals surface area contributed by atoms with Crippen LogP contribution in [0.25, 0.3) is 0 Å². The summed E-state index contributed by atoms with van der Waals surface area (Å²) in [6, 6.07) is 7.03. The van der Waals surface area contributed by atoms with Gasteiger partial charge in [0.05, 0.1) is 11.8 Å². The molecule has 2 atom stereocenters. The third-order valence-corrected chi connectivity index (χ3v) is 3.40. The highest BCUT2D eigenvalue weighted by Crippen LogP contribution is 2.24. The average molecular weight is 306 g/mol. The van der Waals surface area contributed by atoms with Crippen molar-refractivity contribution >= 4 is 17.5 Å². The maximum absolute atomic E-state index is 12.1. The topological polar surface area (TPSA) is 76.7 Å². The molecule has 2 rings (SSSR count). The van der Waals surface area contributed by atoms with Crippen molar-refractivity contribution in [2.75, 3.05) is 18.5 Å². The highest BCUT2D eigenvalue weighted by atomic mass is 16.5. The first-order valence-electron chi connectivity index (χ1n) is 7.49. The van der Waals surface area contributed by atoms with Crippen LogP contribution in [0.4, 0.5) is 5.69 Å². The van der Waals surface area contributed by atoms with E-state index in [1.54, 1.807) is 31.2 Å². The van der Waals surface area contributed by atoms with Crippen LogP contribution in [-0.4, -0.2) is 37.2 Å². The monoisotopic (exact) mass is 306 g/mol. The molecule has 0 bridgehead atoms. The van der Waals surface area contributed by atoms with Gasteiger partial charge in [0.25, 0.3) is 5.91 Å². The number of carbonyl (C=O) groups excluding carboxylic acids is 2. The van der Waals surface area contributed by atoms with Gasteiger partial charge in [-0.3, -0.25) is 9.59 Å². The first-order valence-corrected chi connectivity index (χ1v) is 7.49. The van der Waals surface area contributed by atoms with Crippen molar-refractivity contribution in [3.05, 3.63) is 24.3 Å². The molecule has 1 aromatic rings. The number of para-hydroxylation sites is 2. The van der Waals surface area contributed by atoms with Crippen LogP contribution >= 0.6 is 0 Å². The van der Waals surface area contributed by atoms with E-state index in [2.05, 4.69) is 10.6 Å². The SMILES string of the molecule is CC(=O)Nc1ccccc1O[C@@H](C)C(=O)NC[C@@H]1CCCO1. The normalized spacial score (nSPS) is 18.5. The number of hydrogen-bond donors (Lipinski definition) is 2. The van der Waals surface area contributed by atoms with E-state index in [9.17, 15) is 9.59 Å². The molecule has 0 aromatic heterocycles. The molecular weight excluding hydrogens is 284 g/mol. The molecule has 2 amide bonds. The molecule has 1 fully saturated rings. The molecular formula is C16H22N2O4. The third-order valence-electron chi connectivity index (χ3n) is 3.40. The number of benzene rings is 1. The fraction of sp³-hybridized carbons (Fsp3) is 0.500. The number of nitrogens with one attached hydrogen (secondary N) is 2. The lowest BCUT2D eigenvalue weighted by atomic mass is 10.2. The Bertz CT molecular complexity index is 527. The molecule has 0 saturated carbocycles. The van der Waals surface area contributed by atoms with Gasteiger partial charge in [0, 0.05) is 20.1 Å². The predicted octanol–water partition coefficient (Wildman–Crippen LogP) is 1.71. The Kier molecular flexibility index (Phi) is 5.77. The maximum Gasteiger partial charge on any atom is 0.260 e. The van der Waals surface area contributed by atoms with E-state index in [0.717, 1.165) is 19.4 Å². The third kappa shape index (κ3) is 4.73. The van der Waals surface area contributed by atoms with Gasteiger partial charge in [0.1, 0.15) is 5.75 Å². The maximum atomic E-state index is 12.1. The van der Waals surface area contributed by atoms with Crippen molar-refractivity contribution < 1.29 is 19.1 Å². The summed E-state index contributed by atoms with van der Waals surface area (Å²) < 4.78 is 11.1. The minimum Gasteiger partial charge on any atom is -0.479 e. The summed E-state index contributed by atoms with van der Waals surface area (Å²) in [5.74, 6) is 0.0807. The first kappa shape index (κ1) is 16.3. The van der Waals surface area contributed by atoms with Crippen LogP contribution in [0.15, 0.2) is 24.3 Å². The van der Waals surface area contributed by atoms with Crippen LogP contribution in [0.1, 0.15) is 26.7 Å². The molecule has 6 heteroatoms. The van der Waals surface area contributed by atoms with Crippen molar-refractivity contribution in [1.29, 1.82) is 0 Å². The number of amides is 2. The van der Waals surface area contributed by atoms with Crippen LogP contribution < -0.4 is 15.4 Å². The van der Waals surface area contributed by atoms with Crippen LogP contribution in [0.3, 0.4) is 0 Å². The minimum atomic E-state index is -0.656. The van der Waals surface area contributed by atoms with Crippen LogP contribution in [0, 0.1) is 0 Å². The number of anilines is 1. The van der Waals surface area contributed by atoms with E-state index >= 15 is 0 Å². The number of hydrogen-bond acceptors (Lipinski definition) is 4.